The lowest BCUT2D eigenvalue weighted by atomic mass is 10.1. The number of likely N-dealkylation sites (N-methyl/N-ethyl adjacent to an activating group) is 1. The fourth-order valence-corrected chi connectivity index (χ4v) is 2.08. The van der Waals surface area contributed by atoms with Gasteiger partial charge in [0.2, 0.25) is 5.91 Å². The van der Waals surface area contributed by atoms with E-state index >= 15 is 0 Å². The van der Waals surface area contributed by atoms with Gasteiger partial charge in [0.25, 0.3) is 11.8 Å². The van der Waals surface area contributed by atoms with Crippen LogP contribution in [0.5, 0.6) is 5.75 Å². The van der Waals surface area contributed by atoms with Crippen molar-refractivity contribution in [2.75, 3.05) is 33.9 Å². The van der Waals surface area contributed by atoms with E-state index in [9.17, 15) is 19.2 Å². The van der Waals surface area contributed by atoms with Crippen LogP contribution in [0.25, 0.3) is 0 Å². The Bertz CT molecular complexity index is 727. The van der Waals surface area contributed by atoms with E-state index in [0.717, 1.165) is 4.90 Å². The van der Waals surface area contributed by atoms with E-state index in [1.54, 1.807) is 18.2 Å². The summed E-state index contributed by atoms with van der Waals surface area (Å²) in [4.78, 5) is 48.6. The summed E-state index contributed by atoms with van der Waals surface area (Å²) in [7, 11) is 2.91. The molecule has 3 amide bonds. The lowest BCUT2D eigenvalue weighted by Crippen LogP contribution is -2.47. The third-order valence-electron chi connectivity index (χ3n) is 3.40. The molecule has 9 nitrogen and oxygen atoms in total. The number of carbonyl (C=O) groups excluding carboxylic acids is 4. The molecule has 0 radical (unpaired) electrons. The number of rotatable bonds is 8. The van der Waals surface area contributed by atoms with Crippen molar-refractivity contribution in [1.82, 2.24) is 15.5 Å². The molecule has 28 heavy (non-hydrogen) atoms. The van der Waals surface area contributed by atoms with E-state index in [1.165, 1.54) is 20.2 Å². The lowest BCUT2D eigenvalue weighted by molar-refractivity contribution is -0.151. The highest BCUT2D eigenvalue weighted by Gasteiger charge is 2.19. The zero-order chi connectivity index (χ0) is 21.3. The van der Waals surface area contributed by atoms with Crippen molar-refractivity contribution >= 4 is 23.7 Å². The van der Waals surface area contributed by atoms with Crippen molar-refractivity contribution in [3.63, 3.8) is 0 Å². The normalized spacial score (nSPS) is 10.6. The van der Waals surface area contributed by atoms with E-state index in [2.05, 4.69) is 10.6 Å². The van der Waals surface area contributed by atoms with Crippen molar-refractivity contribution < 1.29 is 28.7 Å². The van der Waals surface area contributed by atoms with E-state index in [4.69, 9.17) is 9.47 Å². The minimum Gasteiger partial charge on any atom is -0.497 e. The first kappa shape index (κ1) is 22.9. The van der Waals surface area contributed by atoms with Gasteiger partial charge in [-0.15, -0.1) is 0 Å². The summed E-state index contributed by atoms with van der Waals surface area (Å²) >= 11 is 0. The first-order chi connectivity index (χ1) is 13.0. The molecule has 0 saturated carbocycles. The lowest BCUT2D eigenvalue weighted by Gasteiger charge is -2.23. The largest absolute Gasteiger partial charge is 0.497 e. The summed E-state index contributed by atoms with van der Waals surface area (Å²) in [6.45, 7) is 4.42. The number of esters is 1. The Kier molecular flexibility index (Phi) is 8.43. The molecule has 0 aliphatic heterocycles. The third-order valence-corrected chi connectivity index (χ3v) is 3.40. The number of carbonyl (C=O) groups is 4. The number of ether oxygens (including phenoxy) is 2. The zero-order valence-electron chi connectivity index (χ0n) is 16.8. The second-order valence-electron chi connectivity index (χ2n) is 7.12. The van der Waals surface area contributed by atoms with E-state index < -0.39 is 36.5 Å². The molecule has 1 rings (SSSR count). The Morgan fingerprint density at radius 1 is 1.14 bits per heavy atom. The second-order valence-corrected chi connectivity index (χ2v) is 7.12. The zero-order valence-corrected chi connectivity index (χ0v) is 16.8. The SMILES string of the molecule is COc1cccc(C(=O)NCC(=O)OCC(=O)N(C)CC(=O)NC(C)(C)C)c1. The molecule has 1 aromatic carbocycles. The minimum absolute atomic E-state index is 0.153. The summed E-state index contributed by atoms with van der Waals surface area (Å²) in [6, 6.07) is 6.44. The van der Waals surface area contributed by atoms with Crippen LogP contribution < -0.4 is 15.4 Å². The van der Waals surface area contributed by atoms with Crippen molar-refractivity contribution in [2.24, 2.45) is 0 Å². The van der Waals surface area contributed by atoms with Crippen molar-refractivity contribution in [2.45, 2.75) is 26.3 Å². The smallest absolute Gasteiger partial charge is 0.325 e. The van der Waals surface area contributed by atoms with Gasteiger partial charge in [-0.05, 0) is 39.0 Å². The molecule has 0 spiro atoms. The molecule has 0 aliphatic rings. The van der Waals surface area contributed by atoms with Crippen LogP contribution in [0.2, 0.25) is 0 Å². The van der Waals surface area contributed by atoms with Crippen LogP contribution in [0.3, 0.4) is 0 Å². The average Bonchev–Trinajstić information content (AvgIpc) is 2.62. The Hall–Kier alpha value is -3.10. The van der Waals surface area contributed by atoms with Gasteiger partial charge in [-0.1, -0.05) is 6.07 Å². The molecule has 1 aromatic rings. The van der Waals surface area contributed by atoms with Gasteiger partial charge in [-0.2, -0.15) is 0 Å². The minimum atomic E-state index is -0.767. The highest BCUT2D eigenvalue weighted by molar-refractivity contribution is 5.96. The number of amides is 3. The molecule has 154 valence electrons. The molecule has 9 heteroatoms. The molecular weight excluding hydrogens is 366 g/mol. The predicted octanol–water partition coefficient (Wildman–Crippen LogP) is 0.341. The Labute approximate surface area is 164 Å². The predicted molar refractivity (Wildman–Crippen MR) is 102 cm³/mol. The van der Waals surface area contributed by atoms with Crippen molar-refractivity contribution in [3.05, 3.63) is 29.8 Å². The van der Waals surface area contributed by atoms with E-state index in [-0.39, 0.29) is 12.5 Å². The molecule has 0 atom stereocenters. The fraction of sp³-hybridized carbons (Fsp3) is 0.474. The van der Waals surface area contributed by atoms with Gasteiger partial charge < -0.3 is 25.0 Å². The van der Waals surface area contributed by atoms with Crippen LogP contribution in [-0.2, 0) is 19.1 Å². The molecule has 0 aliphatic carbocycles. The van der Waals surface area contributed by atoms with Gasteiger partial charge in [0.15, 0.2) is 6.61 Å². The van der Waals surface area contributed by atoms with Gasteiger partial charge in [0, 0.05) is 18.2 Å². The average molecular weight is 393 g/mol. The molecule has 0 bridgehead atoms. The molecule has 0 unspecified atom stereocenters. The summed E-state index contributed by atoms with van der Waals surface area (Å²) in [5, 5.41) is 5.13. The Balaban J connectivity index is 2.38. The van der Waals surface area contributed by atoms with E-state index in [0.29, 0.717) is 11.3 Å². The monoisotopic (exact) mass is 393 g/mol. The molecule has 2 N–H and O–H groups in total. The van der Waals surface area contributed by atoms with Gasteiger partial charge in [-0.3, -0.25) is 19.2 Å². The van der Waals surface area contributed by atoms with Crippen LogP contribution in [0.4, 0.5) is 0 Å². The molecule has 0 fully saturated rings. The maximum atomic E-state index is 12.0. The quantitative estimate of drug-likeness (QED) is 0.616. The highest BCUT2D eigenvalue weighted by Crippen LogP contribution is 2.12. The number of methoxy groups -OCH3 is 1. The van der Waals surface area contributed by atoms with Gasteiger partial charge in [0.05, 0.1) is 13.7 Å². The van der Waals surface area contributed by atoms with Crippen LogP contribution in [0.15, 0.2) is 24.3 Å². The fourth-order valence-electron chi connectivity index (χ4n) is 2.08. The molecule has 0 aromatic heterocycles. The Morgan fingerprint density at radius 2 is 1.82 bits per heavy atom. The number of nitrogens with zero attached hydrogens (tertiary/aromatic N) is 1. The van der Waals surface area contributed by atoms with Gasteiger partial charge >= 0.3 is 5.97 Å². The maximum absolute atomic E-state index is 12.0. The standard InChI is InChI=1S/C19H27N3O6/c1-19(2,3)21-15(23)11-22(4)16(24)12-28-17(25)10-20-18(26)13-7-6-8-14(9-13)27-5/h6-9H,10-12H2,1-5H3,(H,20,26)(H,21,23). The summed E-state index contributed by atoms with van der Waals surface area (Å²) < 4.78 is 9.87. The summed E-state index contributed by atoms with van der Waals surface area (Å²) in [5.41, 5.74) is -0.0816. The number of benzene rings is 1. The highest BCUT2D eigenvalue weighted by atomic mass is 16.5. The van der Waals surface area contributed by atoms with Crippen LogP contribution in [-0.4, -0.2) is 68.0 Å². The van der Waals surface area contributed by atoms with Crippen molar-refractivity contribution in [3.8, 4) is 5.75 Å². The van der Waals surface area contributed by atoms with Crippen LogP contribution in [0.1, 0.15) is 31.1 Å². The molecular formula is C19H27N3O6. The van der Waals surface area contributed by atoms with E-state index in [1.807, 2.05) is 20.8 Å². The number of nitrogens with one attached hydrogen (secondary N) is 2. The van der Waals surface area contributed by atoms with Gasteiger partial charge in [-0.25, -0.2) is 0 Å². The molecule has 0 saturated heterocycles. The van der Waals surface area contributed by atoms with Crippen molar-refractivity contribution in [1.29, 1.82) is 0 Å². The summed E-state index contributed by atoms with van der Waals surface area (Å²) in [6.07, 6.45) is 0. The Morgan fingerprint density at radius 3 is 2.43 bits per heavy atom. The maximum Gasteiger partial charge on any atom is 0.325 e. The van der Waals surface area contributed by atoms with Crippen LogP contribution in [0, 0.1) is 0 Å². The first-order valence-corrected chi connectivity index (χ1v) is 8.64. The number of hydrogen-bond donors (Lipinski definition) is 2. The first-order valence-electron chi connectivity index (χ1n) is 8.64. The van der Waals surface area contributed by atoms with Crippen LogP contribution >= 0.6 is 0 Å². The second kappa shape index (κ2) is 10.3. The number of hydrogen-bond acceptors (Lipinski definition) is 6. The molecule has 0 heterocycles. The van der Waals surface area contributed by atoms with Gasteiger partial charge in [0.1, 0.15) is 12.3 Å². The summed E-state index contributed by atoms with van der Waals surface area (Å²) in [5.74, 6) is -1.58. The topological polar surface area (TPSA) is 114 Å². The third kappa shape index (κ3) is 8.52.